The van der Waals surface area contributed by atoms with E-state index >= 15 is 0 Å². The summed E-state index contributed by atoms with van der Waals surface area (Å²) in [7, 11) is 0. The Kier molecular flexibility index (Phi) is 2.89. The van der Waals surface area contributed by atoms with Gasteiger partial charge < -0.3 is 0 Å². The minimum absolute atomic E-state index is 1.28. The summed E-state index contributed by atoms with van der Waals surface area (Å²) >= 11 is 0. The van der Waals surface area contributed by atoms with Crippen molar-refractivity contribution in [2.45, 2.75) is 0 Å². The van der Waals surface area contributed by atoms with Gasteiger partial charge in [0.15, 0.2) is 0 Å². The monoisotopic (exact) mass is 304 g/mol. The lowest BCUT2D eigenvalue weighted by Gasteiger charge is -2.08. The van der Waals surface area contributed by atoms with E-state index in [1.54, 1.807) is 0 Å². The molecule has 0 bridgehead atoms. The smallest absolute Gasteiger partial charge is 0.00139 e. The van der Waals surface area contributed by atoms with Crippen molar-refractivity contribution in [2.75, 3.05) is 0 Å². The zero-order valence-electron chi connectivity index (χ0n) is 13.2. The molecule has 4 aromatic rings. The summed E-state index contributed by atoms with van der Waals surface area (Å²) in [6, 6.07) is 34.7. The average molecular weight is 304 g/mol. The van der Waals surface area contributed by atoms with Crippen LogP contribution in [0.2, 0.25) is 0 Å². The lowest BCUT2D eigenvalue weighted by molar-refractivity contribution is 1.56. The van der Waals surface area contributed by atoms with E-state index < -0.39 is 0 Å². The first-order chi connectivity index (χ1) is 11.9. The van der Waals surface area contributed by atoms with Crippen LogP contribution in [0.25, 0.3) is 21.9 Å². The summed E-state index contributed by atoms with van der Waals surface area (Å²) in [5.74, 6) is 0. The van der Waals surface area contributed by atoms with Gasteiger partial charge in [0.1, 0.15) is 0 Å². The summed E-state index contributed by atoms with van der Waals surface area (Å²) < 4.78 is 0. The Bertz CT molecular complexity index is 985. The number of rotatable bonds is 2. The predicted octanol–water partition coefficient (Wildman–Crippen LogP) is 6.16. The molecule has 0 heterocycles. The van der Waals surface area contributed by atoms with Gasteiger partial charge in [0.25, 0.3) is 0 Å². The van der Waals surface area contributed by atoms with Gasteiger partial charge in [-0.25, -0.2) is 0 Å². The second-order valence-electron chi connectivity index (χ2n) is 6.23. The minimum atomic E-state index is 1.28. The number of hydrogen-bond donors (Lipinski definition) is 0. The standard InChI is InChI=1S/C24H16/c1-3-9-17(10-4-1)23(18-11-5-2-6-12-18)24-21-15-19-13-7-8-14-20(19)16-22(21)24/h1-16H. The Morgan fingerprint density at radius 3 is 1.33 bits per heavy atom. The predicted molar refractivity (Wildman–Crippen MR) is 102 cm³/mol. The van der Waals surface area contributed by atoms with Crippen molar-refractivity contribution in [1.82, 2.24) is 0 Å². The maximum absolute atomic E-state index is 2.33. The van der Waals surface area contributed by atoms with Crippen molar-refractivity contribution in [3.8, 4) is 0 Å². The van der Waals surface area contributed by atoms with Crippen molar-refractivity contribution in [1.29, 1.82) is 0 Å². The van der Waals surface area contributed by atoms with Crippen LogP contribution >= 0.6 is 0 Å². The Balaban J connectivity index is 1.78. The number of hydrogen-bond acceptors (Lipinski definition) is 0. The molecule has 0 unspecified atom stereocenters. The van der Waals surface area contributed by atoms with Crippen LogP contribution in [0.5, 0.6) is 0 Å². The van der Waals surface area contributed by atoms with Crippen LogP contribution in [0.4, 0.5) is 0 Å². The van der Waals surface area contributed by atoms with E-state index in [-0.39, 0.29) is 0 Å². The summed E-state index contributed by atoms with van der Waals surface area (Å²) in [5, 5.41) is 2.62. The van der Waals surface area contributed by atoms with E-state index in [4.69, 9.17) is 0 Å². The van der Waals surface area contributed by atoms with Gasteiger partial charge in [0.2, 0.25) is 0 Å². The highest BCUT2D eigenvalue weighted by Crippen LogP contribution is 2.50. The van der Waals surface area contributed by atoms with E-state index in [1.807, 2.05) is 0 Å². The van der Waals surface area contributed by atoms with Crippen LogP contribution in [0.3, 0.4) is 0 Å². The first kappa shape index (κ1) is 13.3. The van der Waals surface area contributed by atoms with Crippen LogP contribution in [0.15, 0.2) is 97.1 Å². The molecule has 0 radical (unpaired) electrons. The normalized spacial score (nSPS) is 12.1. The summed E-state index contributed by atoms with van der Waals surface area (Å²) in [6.45, 7) is 0. The van der Waals surface area contributed by atoms with Gasteiger partial charge in [-0.3, -0.25) is 0 Å². The molecule has 4 aromatic carbocycles. The molecule has 24 heavy (non-hydrogen) atoms. The molecule has 0 saturated heterocycles. The van der Waals surface area contributed by atoms with E-state index in [9.17, 15) is 0 Å². The van der Waals surface area contributed by atoms with Gasteiger partial charge in [-0.05, 0) is 56.3 Å². The van der Waals surface area contributed by atoms with Gasteiger partial charge in [-0.15, -0.1) is 0 Å². The Morgan fingerprint density at radius 2 is 0.875 bits per heavy atom. The van der Waals surface area contributed by atoms with Gasteiger partial charge in [-0.1, -0.05) is 84.9 Å². The zero-order chi connectivity index (χ0) is 15.9. The molecule has 5 rings (SSSR count). The summed E-state index contributed by atoms with van der Waals surface area (Å²) in [4.78, 5) is 0. The molecule has 0 amide bonds. The molecule has 0 aliphatic heterocycles. The molecule has 1 aliphatic carbocycles. The number of fused-ring (bicyclic) bond motifs is 2. The molecule has 0 aromatic heterocycles. The zero-order valence-corrected chi connectivity index (χ0v) is 13.2. The summed E-state index contributed by atoms with van der Waals surface area (Å²) in [5.41, 5.74) is 8.05. The summed E-state index contributed by atoms with van der Waals surface area (Å²) in [6.07, 6.45) is 0. The quantitative estimate of drug-likeness (QED) is 0.366. The third kappa shape index (κ3) is 2.08. The van der Waals surface area contributed by atoms with Crippen LogP contribution < -0.4 is 0 Å². The van der Waals surface area contributed by atoms with Gasteiger partial charge in [-0.2, -0.15) is 0 Å². The van der Waals surface area contributed by atoms with Crippen molar-refractivity contribution in [3.05, 3.63) is 119 Å². The molecule has 0 heteroatoms. The molecule has 0 saturated carbocycles. The fourth-order valence-corrected chi connectivity index (χ4v) is 3.54. The topological polar surface area (TPSA) is 0 Å². The average Bonchev–Trinajstić information content (AvgIpc) is 3.34. The van der Waals surface area contributed by atoms with Gasteiger partial charge in [0, 0.05) is 0 Å². The highest BCUT2D eigenvalue weighted by molar-refractivity contribution is 6.18. The second-order valence-corrected chi connectivity index (χ2v) is 6.23. The fraction of sp³-hybridized carbons (Fsp3) is 0. The molecule has 0 atom stereocenters. The molecule has 1 aliphatic rings. The lowest BCUT2D eigenvalue weighted by atomic mass is 9.96. The highest BCUT2D eigenvalue weighted by Gasteiger charge is 2.30. The maximum Gasteiger partial charge on any atom is -0.00139 e. The SMILES string of the molecule is c1ccc(C(=C2c3cc4ccccc4cc32)c2ccccc2)cc1. The van der Waals surface area contributed by atoms with Crippen molar-refractivity contribution in [3.63, 3.8) is 0 Å². The van der Waals surface area contributed by atoms with Crippen molar-refractivity contribution in [2.24, 2.45) is 0 Å². The van der Waals surface area contributed by atoms with E-state index in [1.165, 1.54) is 44.2 Å². The van der Waals surface area contributed by atoms with Gasteiger partial charge >= 0.3 is 0 Å². The third-order valence-corrected chi connectivity index (χ3v) is 4.74. The maximum atomic E-state index is 2.33. The van der Waals surface area contributed by atoms with Crippen LogP contribution in [0, 0.1) is 0 Å². The number of benzene rings is 4. The third-order valence-electron chi connectivity index (χ3n) is 4.74. The Morgan fingerprint density at radius 1 is 0.458 bits per heavy atom. The van der Waals surface area contributed by atoms with E-state index in [0.717, 1.165) is 0 Å². The molecular weight excluding hydrogens is 288 g/mol. The lowest BCUT2D eigenvalue weighted by Crippen LogP contribution is -1.87. The molecule has 0 spiro atoms. The largest absolute Gasteiger partial charge is 0.0622 e. The molecule has 0 fully saturated rings. The van der Waals surface area contributed by atoms with Crippen LogP contribution in [-0.2, 0) is 0 Å². The minimum Gasteiger partial charge on any atom is -0.0622 e. The Labute approximate surface area is 141 Å². The van der Waals surface area contributed by atoms with E-state index in [2.05, 4.69) is 97.1 Å². The van der Waals surface area contributed by atoms with Crippen molar-refractivity contribution < 1.29 is 0 Å². The first-order valence-corrected chi connectivity index (χ1v) is 8.30. The van der Waals surface area contributed by atoms with Crippen LogP contribution in [-0.4, -0.2) is 0 Å². The fourth-order valence-electron chi connectivity index (χ4n) is 3.54. The second kappa shape index (κ2) is 5.21. The molecular formula is C24H16. The Hall–Kier alpha value is -3.12. The highest BCUT2D eigenvalue weighted by atomic mass is 14.3. The van der Waals surface area contributed by atoms with Crippen LogP contribution in [0.1, 0.15) is 22.3 Å². The molecule has 0 N–H and O–H groups in total. The molecule has 0 nitrogen and oxygen atoms in total. The molecule has 112 valence electrons. The van der Waals surface area contributed by atoms with Gasteiger partial charge in [0.05, 0.1) is 0 Å². The van der Waals surface area contributed by atoms with E-state index in [0.29, 0.717) is 0 Å². The first-order valence-electron chi connectivity index (χ1n) is 8.30. The van der Waals surface area contributed by atoms with Crippen molar-refractivity contribution >= 4 is 21.9 Å².